The van der Waals surface area contributed by atoms with Gasteiger partial charge in [0, 0.05) is 18.2 Å². The maximum atomic E-state index is 12.1. The molecule has 1 fully saturated rings. The molecule has 0 saturated carbocycles. The number of carbonyl (C=O) groups is 2. The number of ether oxygens (including phenoxy) is 1. The van der Waals surface area contributed by atoms with Gasteiger partial charge >= 0.3 is 12.1 Å². The van der Waals surface area contributed by atoms with E-state index in [0.29, 0.717) is 13.0 Å². The lowest BCUT2D eigenvalue weighted by molar-refractivity contribution is -0.133. The summed E-state index contributed by atoms with van der Waals surface area (Å²) in [4.78, 5) is 24.6. The Morgan fingerprint density at radius 3 is 2.53 bits per heavy atom. The summed E-state index contributed by atoms with van der Waals surface area (Å²) in [6.45, 7) is 9.61. The number of hydrogen-bond acceptors (Lipinski definition) is 3. The minimum Gasteiger partial charge on any atom is -0.478 e. The quantitative estimate of drug-likeness (QED) is 0.800. The Kier molecular flexibility index (Phi) is 4.97. The van der Waals surface area contributed by atoms with E-state index in [9.17, 15) is 9.59 Å². The summed E-state index contributed by atoms with van der Waals surface area (Å²) in [5.41, 5.74) is -0.399. The number of aliphatic carboxylic acids is 1. The van der Waals surface area contributed by atoms with Crippen LogP contribution in [0.15, 0.2) is 12.2 Å². The molecule has 0 aliphatic carbocycles. The predicted molar refractivity (Wildman–Crippen MR) is 72.0 cm³/mol. The highest BCUT2D eigenvalue weighted by Crippen LogP contribution is 2.24. The van der Waals surface area contributed by atoms with Crippen molar-refractivity contribution in [3.8, 4) is 0 Å². The van der Waals surface area contributed by atoms with Crippen molar-refractivity contribution in [3.63, 3.8) is 0 Å². The van der Waals surface area contributed by atoms with E-state index in [1.807, 2.05) is 20.8 Å². The van der Waals surface area contributed by atoms with Crippen molar-refractivity contribution in [2.75, 3.05) is 6.54 Å². The van der Waals surface area contributed by atoms with Crippen LogP contribution in [0, 0.1) is 0 Å². The molecule has 19 heavy (non-hydrogen) atoms. The summed E-state index contributed by atoms with van der Waals surface area (Å²) in [7, 11) is 0. The second-order valence-corrected chi connectivity index (χ2v) is 5.94. The van der Waals surface area contributed by atoms with Crippen molar-refractivity contribution in [3.05, 3.63) is 12.2 Å². The third-order valence-corrected chi connectivity index (χ3v) is 3.04. The zero-order chi connectivity index (χ0) is 14.6. The first-order valence-electron chi connectivity index (χ1n) is 6.61. The first-order valence-corrected chi connectivity index (χ1v) is 6.61. The number of nitrogens with zero attached hydrogens (tertiary/aromatic N) is 1. The zero-order valence-corrected chi connectivity index (χ0v) is 11.9. The molecular formula is C14H23NO4. The molecule has 1 amide bonds. The van der Waals surface area contributed by atoms with E-state index in [1.54, 1.807) is 4.90 Å². The number of rotatable bonds is 3. The standard InChI is InChI=1S/C14H23NO4/c1-10(12(16)17)9-11-7-5-6-8-15(11)13(18)19-14(2,3)4/h11H,1,5-9H2,2-4H3,(H,16,17)/t11-/m0/s1. The Bertz CT molecular complexity index is 370. The van der Waals surface area contributed by atoms with Crippen LogP contribution in [-0.4, -0.2) is 40.3 Å². The van der Waals surface area contributed by atoms with Gasteiger partial charge in [-0.3, -0.25) is 0 Å². The van der Waals surface area contributed by atoms with E-state index in [1.165, 1.54) is 0 Å². The molecule has 0 bridgehead atoms. The van der Waals surface area contributed by atoms with Gasteiger partial charge in [-0.25, -0.2) is 9.59 Å². The third kappa shape index (κ3) is 4.93. The van der Waals surface area contributed by atoms with E-state index in [0.717, 1.165) is 19.3 Å². The molecule has 108 valence electrons. The van der Waals surface area contributed by atoms with Gasteiger partial charge in [0.25, 0.3) is 0 Å². The Balaban J connectivity index is 2.69. The highest BCUT2D eigenvalue weighted by Gasteiger charge is 2.31. The highest BCUT2D eigenvalue weighted by atomic mass is 16.6. The van der Waals surface area contributed by atoms with E-state index in [2.05, 4.69) is 6.58 Å². The van der Waals surface area contributed by atoms with Crippen LogP contribution in [0.5, 0.6) is 0 Å². The number of likely N-dealkylation sites (tertiary alicyclic amines) is 1. The van der Waals surface area contributed by atoms with Gasteiger partial charge in [-0.15, -0.1) is 0 Å². The van der Waals surface area contributed by atoms with Crippen LogP contribution in [-0.2, 0) is 9.53 Å². The van der Waals surface area contributed by atoms with E-state index in [-0.39, 0.29) is 17.7 Å². The number of amides is 1. The summed E-state index contributed by atoms with van der Waals surface area (Å²) < 4.78 is 5.36. The van der Waals surface area contributed by atoms with Gasteiger partial charge in [0.05, 0.1) is 0 Å². The minimum absolute atomic E-state index is 0.118. The Morgan fingerprint density at radius 2 is 2.00 bits per heavy atom. The van der Waals surface area contributed by atoms with Gasteiger partial charge in [-0.1, -0.05) is 6.58 Å². The van der Waals surface area contributed by atoms with Gasteiger partial charge in [0.2, 0.25) is 0 Å². The summed E-state index contributed by atoms with van der Waals surface area (Å²) in [6, 6.07) is -0.118. The lowest BCUT2D eigenvalue weighted by atomic mass is 9.96. The number of carboxylic acid groups (broad SMARTS) is 1. The number of carboxylic acids is 1. The SMILES string of the molecule is C=C(C[C@@H]1CCCCN1C(=O)OC(C)(C)C)C(=O)O. The number of piperidine rings is 1. The maximum absolute atomic E-state index is 12.1. The van der Waals surface area contributed by atoms with Gasteiger partial charge < -0.3 is 14.7 Å². The zero-order valence-electron chi connectivity index (χ0n) is 11.9. The van der Waals surface area contributed by atoms with Crippen molar-refractivity contribution in [1.82, 2.24) is 4.90 Å². The average Bonchev–Trinajstić information content (AvgIpc) is 2.27. The molecule has 1 heterocycles. The summed E-state index contributed by atoms with van der Waals surface area (Å²) in [5, 5.41) is 8.89. The Labute approximate surface area is 114 Å². The van der Waals surface area contributed by atoms with Crippen LogP contribution >= 0.6 is 0 Å². The maximum Gasteiger partial charge on any atom is 0.410 e. The fourth-order valence-corrected chi connectivity index (χ4v) is 2.15. The van der Waals surface area contributed by atoms with Crippen LogP contribution in [0.25, 0.3) is 0 Å². The molecule has 1 saturated heterocycles. The predicted octanol–water partition coefficient (Wildman–Crippen LogP) is 2.81. The Morgan fingerprint density at radius 1 is 1.37 bits per heavy atom. The molecule has 0 radical (unpaired) electrons. The average molecular weight is 269 g/mol. The molecule has 0 aromatic heterocycles. The smallest absolute Gasteiger partial charge is 0.410 e. The Hall–Kier alpha value is -1.52. The molecule has 0 unspecified atom stereocenters. The monoisotopic (exact) mass is 269 g/mol. The van der Waals surface area contributed by atoms with E-state index in [4.69, 9.17) is 9.84 Å². The largest absolute Gasteiger partial charge is 0.478 e. The topological polar surface area (TPSA) is 66.8 Å². The van der Waals surface area contributed by atoms with E-state index < -0.39 is 11.6 Å². The molecule has 1 atom stereocenters. The van der Waals surface area contributed by atoms with Gasteiger partial charge in [0.1, 0.15) is 5.60 Å². The number of hydrogen-bond donors (Lipinski definition) is 1. The minimum atomic E-state index is -1.00. The molecule has 5 nitrogen and oxygen atoms in total. The highest BCUT2D eigenvalue weighted by molar-refractivity contribution is 5.86. The van der Waals surface area contributed by atoms with Crippen LogP contribution in [0.4, 0.5) is 4.79 Å². The fourth-order valence-electron chi connectivity index (χ4n) is 2.15. The summed E-state index contributed by atoms with van der Waals surface area (Å²) in [5.74, 6) is -1.00. The lowest BCUT2D eigenvalue weighted by Crippen LogP contribution is -2.46. The molecule has 0 spiro atoms. The van der Waals surface area contributed by atoms with Crippen LogP contribution in [0.1, 0.15) is 46.5 Å². The van der Waals surface area contributed by atoms with Gasteiger partial charge in [0.15, 0.2) is 0 Å². The summed E-state index contributed by atoms with van der Waals surface area (Å²) >= 11 is 0. The molecule has 1 aliphatic rings. The van der Waals surface area contributed by atoms with Crippen molar-refractivity contribution in [2.24, 2.45) is 0 Å². The van der Waals surface area contributed by atoms with Crippen molar-refractivity contribution in [1.29, 1.82) is 0 Å². The number of carbonyl (C=O) groups excluding carboxylic acids is 1. The molecule has 1 rings (SSSR count). The van der Waals surface area contributed by atoms with Gasteiger partial charge in [-0.05, 0) is 46.5 Å². The third-order valence-electron chi connectivity index (χ3n) is 3.04. The first-order chi connectivity index (χ1) is 8.70. The second kappa shape index (κ2) is 6.08. The van der Waals surface area contributed by atoms with E-state index >= 15 is 0 Å². The van der Waals surface area contributed by atoms with Crippen LogP contribution < -0.4 is 0 Å². The van der Waals surface area contributed by atoms with Crippen molar-refractivity contribution in [2.45, 2.75) is 58.1 Å². The normalized spacial score (nSPS) is 19.9. The van der Waals surface area contributed by atoms with Crippen molar-refractivity contribution < 1.29 is 19.4 Å². The summed E-state index contributed by atoms with van der Waals surface area (Å²) in [6.07, 6.45) is 2.65. The molecule has 0 aromatic rings. The molecule has 0 aromatic carbocycles. The van der Waals surface area contributed by atoms with Crippen LogP contribution in [0.3, 0.4) is 0 Å². The molecular weight excluding hydrogens is 246 g/mol. The van der Waals surface area contributed by atoms with Crippen LogP contribution in [0.2, 0.25) is 0 Å². The molecule has 5 heteroatoms. The second-order valence-electron chi connectivity index (χ2n) is 5.94. The first kappa shape index (κ1) is 15.5. The van der Waals surface area contributed by atoms with Gasteiger partial charge in [-0.2, -0.15) is 0 Å². The van der Waals surface area contributed by atoms with Crippen molar-refractivity contribution >= 4 is 12.1 Å². The fraction of sp³-hybridized carbons (Fsp3) is 0.714. The molecule has 1 aliphatic heterocycles. The lowest BCUT2D eigenvalue weighted by Gasteiger charge is -2.36. The molecule has 1 N–H and O–H groups in total.